The van der Waals surface area contributed by atoms with Crippen LogP contribution in [0.25, 0.3) is 17.4 Å². The van der Waals surface area contributed by atoms with Crippen molar-refractivity contribution < 1.29 is 19.1 Å². The number of allylic oxidation sites excluding steroid dienone is 1. The van der Waals surface area contributed by atoms with Gasteiger partial charge in [-0.25, -0.2) is 9.79 Å². The Kier molecular flexibility index (Phi) is 6.78. The molecule has 3 aromatic carbocycles. The Morgan fingerprint density at radius 1 is 0.951 bits per heavy atom. The molecule has 0 radical (unpaired) electrons. The molecule has 0 saturated heterocycles. The van der Waals surface area contributed by atoms with Gasteiger partial charge in [-0.2, -0.15) is 0 Å². The summed E-state index contributed by atoms with van der Waals surface area (Å²) in [6.07, 6.45) is 1.66. The van der Waals surface area contributed by atoms with Crippen molar-refractivity contribution in [3.63, 3.8) is 0 Å². The molecule has 2 aromatic heterocycles. The van der Waals surface area contributed by atoms with Crippen molar-refractivity contribution in [1.29, 1.82) is 0 Å². The number of fused-ring (bicyclic) bond motifs is 1. The van der Waals surface area contributed by atoms with E-state index < -0.39 is 12.0 Å². The van der Waals surface area contributed by atoms with Gasteiger partial charge in [0, 0.05) is 17.3 Å². The van der Waals surface area contributed by atoms with E-state index in [0.29, 0.717) is 43.4 Å². The van der Waals surface area contributed by atoms with Crippen molar-refractivity contribution in [3.8, 4) is 11.3 Å². The van der Waals surface area contributed by atoms with Gasteiger partial charge in [0.15, 0.2) is 4.80 Å². The van der Waals surface area contributed by atoms with Gasteiger partial charge in [-0.15, -0.1) is 0 Å². The maximum absolute atomic E-state index is 13.8. The number of hydrogen-bond donors (Lipinski definition) is 2. The Balaban J connectivity index is 1.41. The summed E-state index contributed by atoms with van der Waals surface area (Å²) in [6, 6.07) is 27.8. The van der Waals surface area contributed by atoms with Crippen molar-refractivity contribution in [2.45, 2.75) is 13.0 Å². The molecule has 1 amide bonds. The van der Waals surface area contributed by atoms with Gasteiger partial charge in [-0.05, 0) is 48.9 Å². The monoisotopic (exact) mass is 561 g/mol. The van der Waals surface area contributed by atoms with E-state index in [1.54, 1.807) is 54.0 Å². The van der Waals surface area contributed by atoms with E-state index in [0.717, 1.165) is 5.56 Å². The first-order valence-corrected chi connectivity index (χ1v) is 13.6. The second kappa shape index (κ2) is 10.7. The number of nitrogens with zero attached hydrogens (tertiary/aromatic N) is 2. The maximum atomic E-state index is 13.8. The first kappa shape index (κ1) is 26.0. The fourth-order valence-corrected chi connectivity index (χ4v) is 5.80. The molecule has 1 aliphatic rings. The summed E-state index contributed by atoms with van der Waals surface area (Å²) < 4.78 is 7.94. The zero-order chi connectivity index (χ0) is 28.5. The molecule has 6 rings (SSSR count). The summed E-state index contributed by atoms with van der Waals surface area (Å²) in [5.74, 6) is -0.331. The fourth-order valence-electron chi connectivity index (χ4n) is 4.77. The minimum absolute atomic E-state index is 0.182. The summed E-state index contributed by atoms with van der Waals surface area (Å²) in [6.45, 7) is 1.78. The van der Waals surface area contributed by atoms with Crippen LogP contribution in [0.4, 0.5) is 5.69 Å². The normalized spacial score (nSPS) is 14.9. The number of carboxylic acid groups (broad SMARTS) is 1. The van der Waals surface area contributed by atoms with Crippen molar-refractivity contribution in [1.82, 2.24) is 4.57 Å². The number of aromatic carboxylic acids is 1. The van der Waals surface area contributed by atoms with E-state index in [1.165, 1.54) is 23.5 Å². The lowest BCUT2D eigenvalue weighted by Crippen LogP contribution is -2.40. The molecule has 3 heterocycles. The van der Waals surface area contributed by atoms with E-state index in [2.05, 4.69) is 10.3 Å². The molecule has 0 aliphatic carbocycles. The zero-order valence-corrected chi connectivity index (χ0v) is 22.6. The number of carbonyl (C=O) groups excluding carboxylic acids is 1. The molecule has 9 heteroatoms. The Hall–Kier alpha value is -5.28. The van der Waals surface area contributed by atoms with Crippen molar-refractivity contribution in [2.75, 3.05) is 5.32 Å². The van der Waals surface area contributed by atoms with Crippen molar-refractivity contribution >= 4 is 35.0 Å². The number of furan rings is 1. The highest BCUT2D eigenvalue weighted by Gasteiger charge is 2.32. The number of carbonyl (C=O) groups is 2. The average Bonchev–Trinajstić information content (AvgIpc) is 3.57. The van der Waals surface area contributed by atoms with Gasteiger partial charge in [-0.1, -0.05) is 72.0 Å². The van der Waals surface area contributed by atoms with Gasteiger partial charge in [-0.3, -0.25) is 14.2 Å². The SMILES string of the molecule is CC1=C(C(=O)Nc2ccccc2)[C@H](c2ccccc2)n2c(sc(=Cc3ccc(-c4ccc(C(=O)O)cc4)o3)c2=O)=N1. The number of anilines is 1. The van der Waals surface area contributed by atoms with E-state index >= 15 is 0 Å². The lowest BCUT2D eigenvalue weighted by atomic mass is 9.95. The van der Waals surface area contributed by atoms with E-state index in [-0.39, 0.29) is 17.0 Å². The largest absolute Gasteiger partial charge is 0.478 e. The number of hydrogen-bond acceptors (Lipinski definition) is 6. The summed E-state index contributed by atoms with van der Waals surface area (Å²) in [5, 5.41) is 12.1. The third-order valence-corrected chi connectivity index (χ3v) is 7.71. The number of thiazole rings is 1. The second-order valence-corrected chi connectivity index (χ2v) is 10.4. The molecule has 0 saturated carbocycles. The van der Waals surface area contributed by atoms with Crippen LogP contribution in [0.5, 0.6) is 0 Å². The molecule has 0 bridgehead atoms. The van der Waals surface area contributed by atoms with Gasteiger partial charge in [0.2, 0.25) is 0 Å². The first-order chi connectivity index (χ1) is 19.9. The number of aromatic nitrogens is 1. The van der Waals surface area contributed by atoms with Crippen molar-refractivity contribution in [3.05, 3.63) is 145 Å². The lowest BCUT2D eigenvalue weighted by Gasteiger charge is -2.25. The highest BCUT2D eigenvalue weighted by Crippen LogP contribution is 2.30. The molecule has 1 atom stereocenters. The zero-order valence-electron chi connectivity index (χ0n) is 21.8. The predicted octanol–water partition coefficient (Wildman–Crippen LogP) is 4.83. The summed E-state index contributed by atoms with van der Waals surface area (Å²) in [5.41, 5.74) is 2.97. The minimum atomic E-state index is -1.00. The lowest BCUT2D eigenvalue weighted by molar-refractivity contribution is -0.113. The Morgan fingerprint density at radius 3 is 2.32 bits per heavy atom. The molecule has 0 spiro atoms. The van der Waals surface area contributed by atoms with Gasteiger partial charge in [0.1, 0.15) is 11.5 Å². The van der Waals surface area contributed by atoms with E-state index in [4.69, 9.17) is 9.52 Å². The topological polar surface area (TPSA) is 114 Å². The molecule has 8 nitrogen and oxygen atoms in total. The van der Waals surface area contributed by atoms with Gasteiger partial charge < -0.3 is 14.8 Å². The maximum Gasteiger partial charge on any atom is 0.335 e. The number of benzene rings is 3. The van der Waals surface area contributed by atoms with Gasteiger partial charge in [0.25, 0.3) is 11.5 Å². The predicted molar refractivity (Wildman–Crippen MR) is 156 cm³/mol. The first-order valence-electron chi connectivity index (χ1n) is 12.8. The van der Waals surface area contributed by atoms with Crippen LogP contribution in [0.1, 0.15) is 34.6 Å². The Morgan fingerprint density at radius 2 is 1.63 bits per heavy atom. The molecular weight excluding hydrogens is 538 g/mol. The minimum Gasteiger partial charge on any atom is -0.478 e. The van der Waals surface area contributed by atoms with E-state index in [1.807, 2.05) is 48.5 Å². The number of carboxylic acids is 1. The highest BCUT2D eigenvalue weighted by molar-refractivity contribution is 7.07. The van der Waals surface area contributed by atoms with Crippen LogP contribution in [0.3, 0.4) is 0 Å². The summed E-state index contributed by atoms with van der Waals surface area (Å²) in [4.78, 5) is 43.7. The molecule has 1 aliphatic heterocycles. The molecule has 202 valence electrons. The van der Waals surface area contributed by atoms with E-state index in [9.17, 15) is 14.4 Å². The summed E-state index contributed by atoms with van der Waals surface area (Å²) >= 11 is 1.22. The number of amides is 1. The van der Waals surface area contributed by atoms with Crippen LogP contribution in [0.15, 0.2) is 123 Å². The third kappa shape index (κ3) is 5.06. The van der Waals surface area contributed by atoms with Crippen LogP contribution in [0, 0.1) is 0 Å². The van der Waals surface area contributed by atoms with Crippen LogP contribution in [-0.4, -0.2) is 21.6 Å². The van der Waals surface area contributed by atoms with Crippen LogP contribution in [0.2, 0.25) is 0 Å². The molecule has 5 aromatic rings. The highest BCUT2D eigenvalue weighted by atomic mass is 32.1. The number of para-hydroxylation sites is 1. The summed E-state index contributed by atoms with van der Waals surface area (Å²) in [7, 11) is 0. The second-order valence-electron chi connectivity index (χ2n) is 9.40. The van der Waals surface area contributed by atoms with Gasteiger partial charge >= 0.3 is 5.97 Å². The average molecular weight is 562 g/mol. The van der Waals surface area contributed by atoms with Crippen LogP contribution in [-0.2, 0) is 4.79 Å². The quantitative estimate of drug-likeness (QED) is 0.308. The Bertz CT molecular complexity index is 1990. The third-order valence-electron chi connectivity index (χ3n) is 6.73. The molecule has 0 fully saturated rings. The number of nitrogens with one attached hydrogen (secondary N) is 1. The molecule has 41 heavy (non-hydrogen) atoms. The smallest absolute Gasteiger partial charge is 0.335 e. The fraction of sp³-hybridized carbons (Fsp3) is 0.0625. The Labute approximate surface area is 237 Å². The van der Waals surface area contributed by atoms with Gasteiger partial charge in [0.05, 0.1) is 27.4 Å². The standard InChI is InChI=1S/C32H23N3O5S/c1-19-27(29(36)34-23-10-6-3-7-11-23)28(21-8-4-2-5-9-21)35-30(37)26(41-32(35)33-19)18-24-16-17-25(40-24)20-12-14-22(15-13-20)31(38)39/h2-18,28H,1H3,(H,34,36)(H,38,39)/t28-/m0/s1. The number of rotatable bonds is 6. The molecular formula is C32H23N3O5S. The molecule has 2 N–H and O–H groups in total. The van der Waals surface area contributed by atoms with Crippen molar-refractivity contribution in [2.24, 2.45) is 4.99 Å². The van der Waals surface area contributed by atoms with Crippen LogP contribution < -0.4 is 20.2 Å². The van der Waals surface area contributed by atoms with Crippen LogP contribution >= 0.6 is 11.3 Å². The molecule has 0 unspecified atom stereocenters.